The van der Waals surface area contributed by atoms with Crippen LogP contribution in [0.2, 0.25) is 0 Å². The molecule has 0 aromatic carbocycles. The summed E-state index contributed by atoms with van der Waals surface area (Å²) in [6.45, 7) is 0. The second-order valence-electron chi connectivity index (χ2n) is 3.17. The zero-order valence-electron chi connectivity index (χ0n) is 6.29. The van der Waals surface area contributed by atoms with Gasteiger partial charge in [-0.15, -0.1) is 0 Å². The first-order valence-electron chi connectivity index (χ1n) is 4.10. The highest BCUT2D eigenvalue weighted by atomic mass is 32.1. The van der Waals surface area contributed by atoms with Gasteiger partial charge in [-0.1, -0.05) is 12.8 Å². The molecule has 0 aromatic heterocycles. The summed E-state index contributed by atoms with van der Waals surface area (Å²) in [6, 6.07) is 0. The van der Waals surface area contributed by atoms with Crippen molar-refractivity contribution in [2.45, 2.75) is 25.7 Å². The molecule has 0 heterocycles. The minimum atomic E-state index is 0.856. The molecule has 0 N–H and O–H groups in total. The molecule has 0 radical (unpaired) electrons. The molecule has 1 rings (SSSR count). The standard InChI is InChI=1S/C8H16S2/c9-5-7-3-1-2-4-8(7)6-10/h7-10H,1-6H2/t7-,8?/m0/s1. The Balaban J connectivity index is 2.34. The van der Waals surface area contributed by atoms with Crippen molar-refractivity contribution in [3.63, 3.8) is 0 Å². The third-order valence-corrected chi connectivity index (χ3v) is 3.47. The van der Waals surface area contributed by atoms with Crippen LogP contribution in [-0.4, -0.2) is 11.5 Å². The van der Waals surface area contributed by atoms with Gasteiger partial charge in [0, 0.05) is 0 Å². The van der Waals surface area contributed by atoms with Gasteiger partial charge >= 0.3 is 0 Å². The Hall–Kier alpha value is 0.700. The van der Waals surface area contributed by atoms with Crippen molar-refractivity contribution in [3.05, 3.63) is 0 Å². The van der Waals surface area contributed by atoms with Crippen molar-refractivity contribution in [2.24, 2.45) is 11.8 Å². The molecule has 2 atom stereocenters. The van der Waals surface area contributed by atoms with Gasteiger partial charge < -0.3 is 0 Å². The minimum absolute atomic E-state index is 0.856. The van der Waals surface area contributed by atoms with Gasteiger partial charge in [-0.2, -0.15) is 25.3 Å². The fraction of sp³-hybridized carbons (Fsp3) is 1.00. The molecule has 0 aromatic rings. The van der Waals surface area contributed by atoms with Gasteiger partial charge in [0.1, 0.15) is 0 Å². The summed E-state index contributed by atoms with van der Waals surface area (Å²) in [5.74, 6) is 3.83. The quantitative estimate of drug-likeness (QED) is 0.594. The number of hydrogen-bond acceptors (Lipinski definition) is 2. The zero-order valence-corrected chi connectivity index (χ0v) is 8.08. The zero-order chi connectivity index (χ0) is 7.40. The topological polar surface area (TPSA) is 0 Å². The maximum atomic E-state index is 4.34. The van der Waals surface area contributed by atoms with Crippen LogP contribution in [0.1, 0.15) is 25.7 Å². The molecule has 0 saturated heterocycles. The highest BCUT2D eigenvalue weighted by molar-refractivity contribution is 7.80. The maximum absolute atomic E-state index is 4.34. The first kappa shape index (κ1) is 8.79. The second kappa shape index (κ2) is 4.55. The van der Waals surface area contributed by atoms with Gasteiger partial charge in [0.2, 0.25) is 0 Å². The smallest absolute Gasteiger partial charge is 0.00666 e. The van der Waals surface area contributed by atoms with Crippen LogP contribution in [0.3, 0.4) is 0 Å². The monoisotopic (exact) mass is 176 g/mol. The van der Waals surface area contributed by atoms with E-state index < -0.39 is 0 Å². The van der Waals surface area contributed by atoms with Crippen LogP contribution in [0.4, 0.5) is 0 Å². The summed E-state index contributed by atoms with van der Waals surface area (Å²) >= 11 is 8.69. The molecule has 0 nitrogen and oxygen atoms in total. The summed E-state index contributed by atoms with van der Waals surface area (Å²) in [5, 5.41) is 0. The summed E-state index contributed by atoms with van der Waals surface area (Å²) in [4.78, 5) is 0. The lowest BCUT2D eigenvalue weighted by Crippen LogP contribution is -2.22. The Bertz CT molecular complexity index is 81.3. The molecule has 0 amide bonds. The first-order chi connectivity index (χ1) is 4.88. The highest BCUT2D eigenvalue weighted by Gasteiger charge is 2.21. The van der Waals surface area contributed by atoms with Gasteiger partial charge in [0.05, 0.1) is 0 Å². The first-order valence-corrected chi connectivity index (χ1v) is 5.36. The average molecular weight is 176 g/mol. The molecule has 10 heavy (non-hydrogen) atoms. The summed E-state index contributed by atoms with van der Waals surface area (Å²) in [7, 11) is 0. The predicted octanol–water partition coefficient (Wildman–Crippen LogP) is 2.65. The van der Waals surface area contributed by atoms with Gasteiger partial charge in [-0.25, -0.2) is 0 Å². The number of hydrogen-bond donors (Lipinski definition) is 2. The molecular formula is C8H16S2. The molecule has 1 saturated carbocycles. The van der Waals surface area contributed by atoms with Crippen LogP contribution in [0, 0.1) is 11.8 Å². The number of thiol groups is 2. The summed E-state index contributed by atoms with van der Waals surface area (Å²) in [6.07, 6.45) is 5.59. The Morgan fingerprint density at radius 1 is 0.900 bits per heavy atom. The van der Waals surface area contributed by atoms with E-state index in [4.69, 9.17) is 0 Å². The van der Waals surface area contributed by atoms with Crippen LogP contribution >= 0.6 is 25.3 Å². The highest BCUT2D eigenvalue weighted by Crippen LogP contribution is 2.31. The molecule has 0 bridgehead atoms. The normalized spacial score (nSPS) is 34.2. The van der Waals surface area contributed by atoms with Crippen LogP contribution in [0.5, 0.6) is 0 Å². The van der Waals surface area contributed by atoms with E-state index in [1.165, 1.54) is 25.7 Å². The Morgan fingerprint density at radius 3 is 1.60 bits per heavy atom. The Morgan fingerprint density at radius 2 is 1.30 bits per heavy atom. The van der Waals surface area contributed by atoms with E-state index in [0.717, 1.165) is 23.3 Å². The molecule has 0 aliphatic heterocycles. The second-order valence-corrected chi connectivity index (χ2v) is 3.90. The molecule has 0 spiro atoms. The van der Waals surface area contributed by atoms with Crippen molar-refractivity contribution >= 4 is 25.3 Å². The SMILES string of the molecule is SCC1CCCC[C@H]1CS. The van der Waals surface area contributed by atoms with Crippen molar-refractivity contribution in [1.29, 1.82) is 0 Å². The van der Waals surface area contributed by atoms with Crippen LogP contribution in [-0.2, 0) is 0 Å². The maximum Gasteiger partial charge on any atom is -0.00666 e. The lowest BCUT2D eigenvalue weighted by atomic mass is 9.81. The van der Waals surface area contributed by atoms with Gasteiger partial charge in [0.15, 0.2) is 0 Å². The number of rotatable bonds is 2. The Kier molecular flexibility index (Phi) is 4.00. The molecule has 1 unspecified atom stereocenters. The van der Waals surface area contributed by atoms with Crippen LogP contribution in [0.15, 0.2) is 0 Å². The third-order valence-electron chi connectivity index (χ3n) is 2.54. The lowest BCUT2D eigenvalue weighted by molar-refractivity contribution is 0.288. The van der Waals surface area contributed by atoms with E-state index in [-0.39, 0.29) is 0 Å². The van der Waals surface area contributed by atoms with Crippen molar-refractivity contribution in [2.75, 3.05) is 11.5 Å². The minimum Gasteiger partial charge on any atom is -0.179 e. The van der Waals surface area contributed by atoms with Crippen LogP contribution < -0.4 is 0 Å². The van der Waals surface area contributed by atoms with E-state index in [1.54, 1.807) is 0 Å². The van der Waals surface area contributed by atoms with Gasteiger partial charge in [-0.05, 0) is 36.2 Å². The molecule has 2 heteroatoms. The Labute approximate surface area is 74.6 Å². The lowest BCUT2D eigenvalue weighted by Gasteiger charge is -2.28. The van der Waals surface area contributed by atoms with Crippen molar-refractivity contribution in [3.8, 4) is 0 Å². The van der Waals surface area contributed by atoms with Gasteiger partial charge in [-0.3, -0.25) is 0 Å². The molecule has 1 aliphatic rings. The van der Waals surface area contributed by atoms with E-state index in [0.29, 0.717) is 0 Å². The van der Waals surface area contributed by atoms with E-state index in [1.807, 2.05) is 0 Å². The van der Waals surface area contributed by atoms with Crippen molar-refractivity contribution in [1.82, 2.24) is 0 Å². The average Bonchev–Trinajstić information content (AvgIpc) is 2.04. The fourth-order valence-corrected chi connectivity index (χ4v) is 2.73. The summed E-state index contributed by atoms with van der Waals surface area (Å²) < 4.78 is 0. The largest absolute Gasteiger partial charge is 0.179 e. The third kappa shape index (κ3) is 2.09. The molecule has 1 fully saturated rings. The van der Waals surface area contributed by atoms with E-state index in [2.05, 4.69) is 25.3 Å². The predicted molar refractivity (Wildman–Crippen MR) is 53.2 cm³/mol. The molecular weight excluding hydrogens is 160 g/mol. The van der Waals surface area contributed by atoms with E-state index in [9.17, 15) is 0 Å². The molecule has 60 valence electrons. The van der Waals surface area contributed by atoms with E-state index >= 15 is 0 Å². The molecule has 1 aliphatic carbocycles. The van der Waals surface area contributed by atoms with Crippen molar-refractivity contribution < 1.29 is 0 Å². The van der Waals surface area contributed by atoms with Crippen LogP contribution in [0.25, 0.3) is 0 Å². The van der Waals surface area contributed by atoms with Gasteiger partial charge in [0.25, 0.3) is 0 Å². The fourth-order valence-electron chi connectivity index (χ4n) is 1.77. The summed E-state index contributed by atoms with van der Waals surface area (Å²) in [5.41, 5.74) is 0.